The van der Waals surface area contributed by atoms with Crippen LogP contribution in [-0.4, -0.2) is 37.0 Å². The Balaban J connectivity index is 1.48. The summed E-state index contributed by atoms with van der Waals surface area (Å²) < 4.78 is 5.85. The van der Waals surface area contributed by atoms with Crippen molar-refractivity contribution in [1.29, 1.82) is 0 Å². The minimum atomic E-state index is -0.349. The normalized spacial score (nSPS) is 30.3. The van der Waals surface area contributed by atoms with Gasteiger partial charge in [-0.1, -0.05) is 26.2 Å². The average Bonchev–Trinajstić information content (AvgIpc) is 2.48. The summed E-state index contributed by atoms with van der Waals surface area (Å²) in [4.78, 5) is 0. The molecule has 0 saturated heterocycles. The van der Waals surface area contributed by atoms with Crippen LogP contribution in [0.25, 0.3) is 0 Å². The summed E-state index contributed by atoms with van der Waals surface area (Å²) in [6.07, 6.45) is 11.8. The number of aliphatic hydroxyl groups is 1. The van der Waals surface area contributed by atoms with Gasteiger partial charge in [-0.05, 0) is 56.9 Å². The summed E-state index contributed by atoms with van der Waals surface area (Å²) in [5.41, 5.74) is 0. The molecule has 20 heavy (non-hydrogen) atoms. The van der Waals surface area contributed by atoms with Crippen LogP contribution in [0.3, 0.4) is 0 Å². The lowest BCUT2D eigenvalue weighted by molar-refractivity contribution is -0.0280. The molecule has 118 valence electrons. The molecule has 0 heterocycles. The second kappa shape index (κ2) is 9.01. The van der Waals surface area contributed by atoms with Crippen LogP contribution in [0.5, 0.6) is 0 Å². The largest absolute Gasteiger partial charge is 0.389 e. The van der Waals surface area contributed by atoms with Gasteiger partial charge in [-0.3, -0.25) is 0 Å². The molecule has 1 unspecified atom stereocenters. The maximum atomic E-state index is 9.97. The highest BCUT2D eigenvalue weighted by Crippen LogP contribution is 2.25. The van der Waals surface area contributed by atoms with Gasteiger partial charge in [-0.2, -0.15) is 0 Å². The quantitative estimate of drug-likeness (QED) is 0.754. The first-order chi connectivity index (χ1) is 9.74. The fourth-order valence-electron chi connectivity index (χ4n) is 3.55. The molecule has 2 N–H and O–H groups in total. The molecule has 2 aliphatic carbocycles. The van der Waals surface area contributed by atoms with Gasteiger partial charge < -0.3 is 15.2 Å². The fourth-order valence-corrected chi connectivity index (χ4v) is 3.55. The van der Waals surface area contributed by atoms with Gasteiger partial charge in [-0.25, -0.2) is 0 Å². The summed E-state index contributed by atoms with van der Waals surface area (Å²) in [5, 5.41) is 13.4. The molecular formula is C17H33NO2. The van der Waals surface area contributed by atoms with Crippen molar-refractivity contribution in [1.82, 2.24) is 5.32 Å². The van der Waals surface area contributed by atoms with E-state index in [1.54, 1.807) is 0 Å². The van der Waals surface area contributed by atoms with Crippen molar-refractivity contribution in [2.24, 2.45) is 11.8 Å². The van der Waals surface area contributed by atoms with Crippen molar-refractivity contribution in [3.05, 3.63) is 0 Å². The van der Waals surface area contributed by atoms with Gasteiger partial charge in [0.05, 0.1) is 18.8 Å². The van der Waals surface area contributed by atoms with Crippen LogP contribution in [0, 0.1) is 11.8 Å². The molecule has 3 nitrogen and oxygen atoms in total. The molecule has 0 aromatic rings. The third-order valence-corrected chi connectivity index (χ3v) is 5.02. The molecule has 0 radical (unpaired) electrons. The van der Waals surface area contributed by atoms with Crippen LogP contribution >= 0.6 is 0 Å². The molecule has 3 heteroatoms. The zero-order valence-electron chi connectivity index (χ0n) is 13.2. The van der Waals surface area contributed by atoms with Gasteiger partial charge >= 0.3 is 0 Å². The number of aliphatic hydroxyl groups excluding tert-OH is 1. The van der Waals surface area contributed by atoms with Crippen LogP contribution in [0.4, 0.5) is 0 Å². The maximum Gasteiger partial charge on any atom is 0.0897 e. The van der Waals surface area contributed by atoms with Crippen molar-refractivity contribution in [2.75, 3.05) is 19.7 Å². The van der Waals surface area contributed by atoms with Crippen LogP contribution < -0.4 is 5.32 Å². The zero-order chi connectivity index (χ0) is 14.2. The molecule has 1 atom stereocenters. The number of rotatable bonds is 7. The highest BCUT2D eigenvalue weighted by molar-refractivity contribution is 4.72. The molecular weight excluding hydrogens is 250 g/mol. The number of hydrogen-bond donors (Lipinski definition) is 2. The standard InChI is InChI=1S/C17H33NO2/c1-14-7-9-17(10-8-14)20-13-16(19)12-18-11-15-5-3-2-4-6-15/h14-19H,2-13H2,1H3. The molecule has 0 spiro atoms. The number of nitrogens with one attached hydrogen (secondary N) is 1. The Morgan fingerprint density at radius 2 is 1.75 bits per heavy atom. The van der Waals surface area contributed by atoms with E-state index < -0.39 is 0 Å². The van der Waals surface area contributed by atoms with Gasteiger partial charge in [0, 0.05) is 6.54 Å². The molecule has 0 amide bonds. The van der Waals surface area contributed by atoms with E-state index in [9.17, 15) is 5.11 Å². The Labute approximate surface area is 124 Å². The van der Waals surface area contributed by atoms with Gasteiger partial charge in [0.1, 0.15) is 0 Å². The number of hydrogen-bond acceptors (Lipinski definition) is 3. The maximum absolute atomic E-state index is 9.97. The average molecular weight is 283 g/mol. The molecule has 0 aromatic carbocycles. The van der Waals surface area contributed by atoms with E-state index in [4.69, 9.17) is 4.74 Å². The third-order valence-electron chi connectivity index (χ3n) is 5.02. The van der Waals surface area contributed by atoms with E-state index in [1.807, 2.05) is 0 Å². The SMILES string of the molecule is CC1CCC(OCC(O)CNCC2CCCCC2)CC1. The third kappa shape index (κ3) is 6.11. The Morgan fingerprint density at radius 3 is 2.45 bits per heavy atom. The molecule has 0 aromatic heterocycles. The van der Waals surface area contributed by atoms with Crippen LogP contribution in [-0.2, 0) is 4.74 Å². The van der Waals surface area contributed by atoms with Crippen molar-refractivity contribution < 1.29 is 9.84 Å². The van der Waals surface area contributed by atoms with Crippen molar-refractivity contribution >= 4 is 0 Å². The first-order valence-corrected chi connectivity index (χ1v) is 8.74. The number of ether oxygens (including phenoxy) is 1. The van der Waals surface area contributed by atoms with Gasteiger partial charge in [0.25, 0.3) is 0 Å². The summed E-state index contributed by atoms with van der Waals surface area (Å²) in [6.45, 7) is 4.56. The molecule has 2 fully saturated rings. The van der Waals surface area contributed by atoms with E-state index >= 15 is 0 Å². The molecule has 0 bridgehead atoms. The summed E-state index contributed by atoms with van der Waals surface area (Å²) in [7, 11) is 0. The predicted octanol–water partition coefficient (Wildman–Crippen LogP) is 3.11. The van der Waals surface area contributed by atoms with E-state index in [1.165, 1.54) is 57.8 Å². The van der Waals surface area contributed by atoms with Gasteiger partial charge in [0.15, 0.2) is 0 Å². The van der Waals surface area contributed by atoms with Crippen molar-refractivity contribution in [3.8, 4) is 0 Å². The monoisotopic (exact) mass is 283 g/mol. The van der Waals surface area contributed by atoms with Crippen LogP contribution in [0.15, 0.2) is 0 Å². The molecule has 2 rings (SSSR count). The Morgan fingerprint density at radius 1 is 1.05 bits per heavy atom. The minimum Gasteiger partial charge on any atom is -0.389 e. The Hall–Kier alpha value is -0.120. The highest BCUT2D eigenvalue weighted by atomic mass is 16.5. The van der Waals surface area contributed by atoms with Gasteiger partial charge in [0.2, 0.25) is 0 Å². The lowest BCUT2D eigenvalue weighted by atomic mass is 9.89. The molecule has 2 saturated carbocycles. The molecule has 2 aliphatic rings. The zero-order valence-corrected chi connectivity index (χ0v) is 13.2. The summed E-state index contributed by atoms with van der Waals surface area (Å²) >= 11 is 0. The van der Waals surface area contributed by atoms with E-state index in [0.29, 0.717) is 19.3 Å². The second-order valence-electron chi connectivity index (χ2n) is 7.03. The second-order valence-corrected chi connectivity index (χ2v) is 7.03. The van der Waals surface area contributed by atoms with Gasteiger partial charge in [-0.15, -0.1) is 0 Å². The lowest BCUT2D eigenvalue weighted by Crippen LogP contribution is -2.35. The Kier molecular flexibility index (Phi) is 7.32. The van der Waals surface area contributed by atoms with Crippen molar-refractivity contribution in [2.45, 2.75) is 76.9 Å². The smallest absolute Gasteiger partial charge is 0.0897 e. The topological polar surface area (TPSA) is 41.5 Å². The summed E-state index contributed by atoms with van der Waals surface area (Å²) in [5.74, 6) is 1.69. The van der Waals surface area contributed by atoms with E-state index in [-0.39, 0.29) is 6.10 Å². The predicted molar refractivity (Wildman–Crippen MR) is 82.8 cm³/mol. The minimum absolute atomic E-state index is 0.349. The highest BCUT2D eigenvalue weighted by Gasteiger charge is 2.19. The van der Waals surface area contributed by atoms with Crippen LogP contribution in [0.2, 0.25) is 0 Å². The fraction of sp³-hybridized carbons (Fsp3) is 1.00. The molecule has 0 aliphatic heterocycles. The van der Waals surface area contributed by atoms with E-state index in [2.05, 4.69) is 12.2 Å². The first kappa shape index (κ1) is 16.3. The van der Waals surface area contributed by atoms with Crippen molar-refractivity contribution in [3.63, 3.8) is 0 Å². The summed E-state index contributed by atoms with van der Waals surface area (Å²) in [6, 6.07) is 0. The Bertz CT molecular complexity index is 245. The van der Waals surface area contributed by atoms with Crippen LogP contribution in [0.1, 0.15) is 64.7 Å². The van der Waals surface area contributed by atoms with E-state index in [0.717, 1.165) is 18.4 Å². The first-order valence-electron chi connectivity index (χ1n) is 8.74. The lowest BCUT2D eigenvalue weighted by Gasteiger charge is -2.27.